The van der Waals surface area contributed by atoms with E-state index in [-0.39, 0.29) is 5.91 Å². The Hall–Kier alpha value is -1.59. The molecule has 1 atom stereocenters. The normalized spacial score (nSPS) is 19.5. The van der Waals surface area contributed by atoms with Crippen LogP contribution in [0.4, 0.5) is 5.69 Å². The Bertz CT molecular complexity index is 820. The van der Waals surface area contributed by atoms with E-state index < -0.39 is 5.41 Å². The molecule has 0 spiro atoms. The molecule has 3 rings (SSSR count). The molecular weight excluding hydrogens is 369 g/mol. The van der Waals surface area contributed by atoms with Crippen molar-refractivity contribution in [1.29, 1.82) is 0 Å². The number of benzene rings is 2. The van der Waals surface area contributed by atoms with Gasteiger partial charge < -0.3 is 4.90 Å². The fourth-order valence-corrected chi connectivity index (χ4v) is 3.93. The van der Waals surface area contributed by atoms with Crippen molar-refractivity contribution in [3.63, 3.8) is 0 Å². The number of nitrogens with zero attached hydrogens (tertiary/aromatic N) is 3. The number of rotatable bonds is 5. The van der Waals surface area contributed by atoms with Gasteiger partial charge in [-0.1, -0.05) is 41.4 Å². The first-order valence-electron chi connectivity index (χ1n) is 8.50. The van der Waals surface area contributed by atoms with Gasteiger partial charge in [-0.2, -0.15) is 0 Å². The van der Waals surface area contributed by atoms with E-state index in [2.05, 4.69) is 4.90 Å². The van der Waals surface area contributed by atoms with Gasteiger partial charge >= 0.3 is 0 Å². The zero-order valence-electron chi connectivity index (χ0n) is 15.5. The Labute approximate surface area is 164 Å². The fourth-order valence-electron chi connectivity index (χ4n) is 3.63. The molecule has 4 nitrogen and oxygen atoms in total. The summed E-state index contributed by atoms with van der Waals surface area (Å²) in [5.74, 6) is 0.0314. The van der Waals surface area contributed by atoms with Gasteiger partial charge in [0, 0.05) is 24.1 Å². The number of anilines is 1. The Morgan fingerprint density at radius 2 is 1.58 bits per heavy atom. The molecule has 0 radical (unpaired) electrons. The van der Waals surface area contributed by atoms with Crippen LogP contribution < -0.4 is 5.01 Å². The molecule has 0 saturated carbocycles. The van der Waals surface area contributed by atoms with Gasteiger partial charge in [-0.15, -0.1) is 0 Å². The molecule has 1 aliphatic heterocycles. The number of hydrazine groups is 1. The van der Waals surface area contributed by atoms with Crippen LogP contribution in [0.15, 0.2) is 42.5 Å². The maximum Gasteiger partial charge on any atom is 0.256 e. The summed E-state index contributed by atoms with van der Waals surface area (Å²) >= 11 is 12.3. The van der Waals surface area contributed by atoms with Gasteiger partial charge in [0.25, 0.3) is 5.91 Å². The molecule has 0 unspecified atom stereocenters. The van der Waals surface area contributed by atoms with Crippen LogP contribution in [-0.2, 0) is 10.2 Å². The molecule has 0 N–H and O–H groups in total. The highest BCUT2D eigenvalue weighted by Gasteiger charge is 2.52. The molecule has 6 heteroatoms. The van der Waals surface area contributed by atoms with Crippen molar-refractivity contribution in [3.8, 4) is 0 Å². The lowest BCUT2D eigenvalue weighted by Crippen LogP contribution is -2.48. The molecule has 0 saturated heterocycles. The van der Waals surface area contributed by atoms with Gasteiger partial charge in [0.05, 0.1) is 5.69 Å². The molecule has 1 heterocycles. The van der Waals surface area contributed by atoms with E-state index in [4.69, 9.17) is 23.2 Å². The lowest BCUT2D eigenvalue weighted by Gasteiger charge is -2.32. The van der Waals surface area contributed by atoms with Crippen LogP contribution in [0, 0.1) is 0 Å². The summed E-state index contributed by atoms with van der Waals surface area (Å²) in [5.41, 5.74) is 1.99. The van der Waals surface area contributed by atoms with E-state index in [1.54, 1.807) is 5.01 Å². The largest absolute Gasteiger partial charge is 0.309 e. The number of hydrogen-bond acceptors (Lipinski definition) is 3. The second kappa shape index (κ2) is 7.20. The van der Waals surface area contributed by atoms with Gasteiger partial charge in [0.2, 0.25) is 0 Å². The van der Waals surface area contributed by atoms with Gasteiger partial charge in [0.1, 0.15) is 5.41 Å². The third kappa shape index (κ3) is 3.12. The average Bonchev–Trinajstić information content (AvgIpc) is 2.82. The number of carbonyl (C=O) groups excluding carboxylic acids is 1. The molecule has 0 bridgehead atoms. The van der Waals surface area contributed by atoms with Crippen molar-refractivity contribution in [2.24, 2.45) is 0 Å². The van der Waals surface area contributed by atoms with Gasteiger partial charge in [-0.25, -0.2) is 10.0 Å². The van der Waals surface area contributed by atoms with Gasteiger partial charge in [-0.3, -0.25) is 4.79 Å². The first-order chi connectivity index (χ1) is 12.3. The van der Waals surface area contributed by atoms with E-state index >= 15 is 0 Å². The summed E-state index contributed by atoms with van der Waals surface area (Å²) in [4.78, 5) is 15.8. The van der Waals surface area contributed by atoms with Crippen LogP contribution in [-0.4, -0.2) is 50.6 Å². The number of carbonyl (C=O) groups is 1. The van der Waals surface area contributed by atoms with Gasteiger partial charge in [-0.05, 0) is 62.5 Å². The third-order valence-corrected chi connectivity index (χ3v) is 5.36. The number of halogens is 2. The van der Waals surface area contributed by atoms with Crippen LogP contribution in [0.3, 0.4) is 0 Å². The van der Waals surface area contributed by atoms with Crippen molar-refractivity contribution >= 4 is 34.8 Å². The summed E-state index contributed by atoms with van der Waals surface area (Å²) in [6.07, 6.45) is 0.666. The summed E-state index contributed by atoms with van der Waals surface area (Å²) in [6, 6.07) is 13.3. The summed E-state index contributed by atoms with van der Waals surface area (Å²) in [5, 5.41) is 4.79. The Balaban J connectivity index is 2.26. The fraction of sp³-hybridized carbons (Fsp3) is 0.350. The lowest BCUT2D eigenvalue weighted by molar-refractivity contribution is -0.124. The van der Waals surface area contributed by atoms with Crippen molar-refractivity contribution < 1.29 is 4.79 Å². The summed E-state index contributed by atoms with van der Waals surface area (Å²) in [7, 11) is 7.77. The van der Waals surface area contributed by atoms with Crippen LogP contribution >= 0.6 is 23.2 Å². The number of fused-ring (bicyclic) bond motifs is 1. The van der Waals surface area contributed by atoms with Crippen molar-refractivity contribution in [2.45, 2.75) is 11.8 Å². The lowest BCUT2D eigenvalue weighted by atomic mass is 9.73. The maximum absolute atomic E-state index is 13.7. The highest BCUT2D eigenvalue weighted by molar-refractivity contribution is 6.31. The van der Waals surface area contributed by atoms with E-state index in [9.17, 15) is 4.79 Å². The predicted octanol–water partition coefficient (Wildman–Crippen LogP) is 4.05. The minimum absolute atomic E-state index is 0.0314. The number of amides is 1. The van der Waals surface area contributed by atoms with Gasteiger partial charge in [0.15, 0.2) is 0 Å². The zero-order valence-corrected chi connectivity index (χ0v) is 17.0. The monoisotopic (exact) mass is 391 g/mol. The first-order valence-corrected chi connectivity index (χ1v) is 9.25. The molecule has 1 amide bonds. The second-order valence-corrected chi connectivity index (χ2v) is 7.96. The molecule has 1 aliphatic rings. The van der Waals surface area contributed by atoms with E-state index in [1.165, 1.54) is 0 Å². The maximum atomic E-state index is 13.7. The van der Waals surface area contributed by atoms with Crippen LogP contribution in [0.25, 0.3) is 0 Å². The standard InChI is InChI=1S/C20H23Cl2N3O/c1-23(2)12-11-20(14-5-7-15(21)8-6-14)17-10-9-16(22)13-18(17)25(19(20)26)24(3)4/h5-10,13H,11-12H2,1-4H3/t20-/m1/s1. The highest BCUT2D eigenvalue weighted by Crippen LogP contribution is 2.49. The molecule has 0 aromatic heterocycles. The predicted molar refractivity (Wildman–Crippen MR) is 108 cm³/mol. The SMILES string of the molecule is CN(C)CC[C@]1(c2ccc(Cl)cc2)C(=O)N(N(C)C)c2cc(Cl)ccc21. The number of hydrogen-bond donors (Lipinski definition) is 0. The molecule has 2 aromatic carbocycles. The van der Waals surface area contributed by atoms with E-state index in [0.717, 1.165) is 23.4 Å². The molecule has 138 valence electrons. The second-order valence-electron chi connectivity index (χ2n) is 7.09. The van der Waals surface area contributed by atoms with Crippen molar-refractivity contribution in [1.82, 2.24) is 9.91 Å². The zero-order chi connectivity index (χ0) is 19.1. The summed E-state index contributed by atoms with van der Waals surface area (Å²) in [6.45, 7) is 0.775. The highest BCUT2D eigenvalue weighted by atomic mass is 35.5. The smallest absolute Gasteiger partial charge is 0.256 e. The third-order valence-electron chi connectivity index (χ3n) is 4.88. The average molecular weight is 392 g/mol. The topological polar surface area (TPSA) is 26.8 Å². The van der Waals surface area contributed by atoms with Crippen molar-refractivity contribution in [3.05, 3.63) is 63.6 Å². The Kier molecular flexibility index (Phi) is 5.31. The van der Waals surface area contributed by atoms with Crippen LogP contribution in [0.5, 0.6) is 0 Å². The molecule has 26 heavy (non-hydrogen) atoms. The van der Waals surface area contributed by atoms with E-state index in [0.29, 0.717) is 16.5 Å². The van der Waals surface area contributed by atoms with E-state index in [1.807, 2.05) is 75.7 Å². The first kappa shape index (κ1) is 19.2. The molecular formula is C20H23Cl2N3O. The minimum Gasteiger partial charge on any atom is -0.309 e. The van der Waals surface area contributed by atoms with Crippen molar-refractivity contribution in [2.75, 3.05) is 39.7 Å². The molecule has 2 aromatic rings. The molecule has 0 aliphatic carbocycles. The Morgan fingerprint density at radius 1 is 0.962 bits per heavy atom. The molecule has 0 fully saturated rings. The quantitative estimate of drug-likeness (QED) is 0.768. The Morgan fingerprint density at radius 3 is 2.15 bits per heavy atom. The van der Waals surface area contributed by atoms with Crippen LogP contribution in [0.2, 0.25) is 10.0 Å². The summed E-state index contributed by atoms with van der Waals surface area (Å²) < 4.78 is 0. The minimum atomic E-state index is -0.765. The van der Waals surface area contributed by atoms with Crippen LogP contribution in [0.1, 0.15) is 17.5 Å².